The van der Waals surface area contributed by atoms with Gasteiger partial charge in [0.1, 0.15) is 40.3 Å². The Hall–Kier alpha value is -5.97. The molecule has 4 atom stereocenters. The topological polar surface area (TPSA) is 71.3 Å². The number of rotatable bonds is 13. The molecule has 6 aromatic carbocycles. The second-order valence-corrected chi connectivity index (χ2v) is 15.0. The minimum Gasteiger partial charge on any atom is -0.358 e. The third kappa shape index (κ3) is 6.69. The van der Waals surface area contributed by atoms with Crippen LogP contribution in [0.15, 0.2) is 200 Å². The molecule has 9 rings (SSSR count). The molecule has 288 valence electrons. The number of alkyl halides is 1. The largest absolute Gasteiger partial charge is 0.358 e. The van der Waals surface area contributed by atoms with Crippen LogP contribution in [0.4, 0.5) is 4.39 Å². The van der Waals surface area contributed by atoms with Crippen molar-refractivity contribution in [1.82, 2.24) is 19.5 Å². The number of ether oxygens (including phenoxy) is 3. The fraction of sp³-hybridized carbons (Fsp3) is 0.163. The van der Waals surface area contributed by atoms with Crippen LogP contribution in [-0.4, -0.2) is 50.8 Å². The SMILES string of the molecule is CSc1ncnc2c1ncn2[C@@H]1O[C@H](COC(c2ccccc2)(c2ccccc2)c2ccccc2)[C@@H](OC(c2ccccc2)(c2ccccc2)c2ccccc2)[C@@H]1F. The molecule has 2 aromatic heterocycles. The van der Waals surface area contributed by atoms with Crippen LogP contribution in [-0.2, 0) is 25.4 Å². The monoisotopic (exact) mass is 784 g/mol. The highest BCUT2D eigenvalue weighted by Crippen LogP contribution is 2.47. The number of aromatic nitrogens is 4. The minimum absolute atomic E-state index is 0.0353. The van der Waals surface area contributed by atoms with E-state index in [0.717, 1.165) is 33.4 Å². The molecule has 3 heterocycles. The summed E-state index contributed by atoms with van der Waals surface area (Å²) in [6, 6.07) is 60.4. The van der Waals surface area contributed by atoms with E-state index >= 15 is 4.39 Å². The highest BCUT2D eigenvalue weighted by atomic mass is 32.2. The lowest BCUT2D eigenvalue weighted by atomic mass is 9.79. The van der Waals surface area contributed by atoms with Gasteiger partial charge in [-0.2, -0.15) is 0 Å². The fourth-order valence-corrected chi connectivity index (χ4v) is 8.75. The van der Waals surface area contributed by atoms with E-state index in [1.54, 1.807) is 10.9 Å². The maximum absolute atomic E-state index is 18.0. The van der Waals surface area contributed by atoms with Gasteiger partial charge in [0.05, 0.1) is 12.9 Å². The van der Waals surface area contributed by atoms with Crippen LogP contribution < -0.4 is 0 Å². The van der Waals surface area contributed by atoms with Gasteiger partial charge in [0.15, 0.2) is 18.0 Å². The molecule has 1 fully saturated rings. The van der Waals surface area contributed by atoms with Gasteiger partial charge >= 0.3 is 0 Å². The second-order valence-electron chi connectivity index (χ2n) is 14.2. The molecule has 0 saturated carbocycles. The zero-order valence-corrected chi connectivity index (χ0v) is 32.6. The van der Waals surface area contributed by atoms with Crippen LogP contribution in [0.3, 0.4) is 0 Å². The molecule has 9 heteroatoms. The van der Waals surface area contributed by atoms with E-state index in [9.17, 15) is 0 Å². The zero-order chi connectivity index (χ0) is 39.4. The molecule has 1 aliphatic heterocycles. The molecule has 1 aliphatic rings. The summed E-state index contributed by atoms with van der Waals surface area (Å²) in [5, 5.41) is 0.694. The summed E-state index contributed by atoms with van der Waals surface area (Å²) < 4.78 is 41.4. The third-order valence-electron chi connectivity index (χ3n) is 10.9. The van der Waals surface area contributed by atoms with E-state index in [1.165, 1.54) is 18.1 Å². The lowest BCUT2D eigenvalue weighted by molar-refractivity contribution is -0.128. The van der Waals surface area contributed by atoms with Gasteiger partial charge in [0.25, 0.3) is 0 Å². The number of imidazole rings is 1. The van der Waals surface area contributed by atoms with Gasteiger partial charge in [-0.1, -0.05) is 182 Å². The number of halogens is 1. The molecular formula is C49H41FN4O3S. The van der Waals surface area contributed by atoms with Crippen molar-refractivity contribution in [3.05, 3.63) is 228 Å². The maximum Gasteiger partial charge on any atom is 0.174 e. The molecule has 1 saturated heterocycles. The molecule has 0 N–H and O–H groups in total. The summed E-state index contributed by atoms with van der Waals surface area (Å²) in [4.78, 5) is 13.6. The Balaban J connectivity index is 1.21. The number of hydrogen-bond acceptors (Lipinski definition) is 7. The summed E-state index contributed by atoms with van der Waals surface area (Å²) in [6.45, 7) is -0.0353. The Morgan fingerprint density at radius 3 is 1.41 bits per heavy atom. The first-order chi connectivity index (χ1) is 28.6. The van der Waals surface area contributed by atoms with E-state index in [0.29, 0.717) is 16.2 Å². The van der Waals surface area contributed by atoms with E-state index in [-0.39, 0.29) is 6.61 Å². The number of benzene rings is 6. The van der Waals surface area contributed by atoms with Crippen molar-refractivity contribution < 1.29 is 18.6 Å². The number of fused-ring (bicyclic) bond motifs is 1. The summed E-state index contributed by atoms with van der Waals surface area (Å²) in [5.74, 6) is 0. The van der Waals surface area contributed by atoms with Crippen molar-refractivity contribution in [2.24, 2.45) is 0 Å². The van der Waals surface area contributed by atoms with Crippen LogP contribution in [0.5, 0.6) is 0 Å². The Kier molecular flexibility index (Phi) is 10.7. The normalized spacial score (nSPS) is 18.4. The molecular weight excluding hydrogens is 744 g/mol. The van der Waals surface area contributed by atoms with E-state index in [4.69, 9.17) is 14.2 Å². The van der Waals surface area contributed by atoms with Gasteiger partial charge in [-0.05, 0) is 39.6 Å². The molecule has 0 unspecified atom stereocenters. The van der Waals surface area contributed by atoms with Crippen molar-refractivity contribution in [3.63, 3.8) is 0 Å². The molecule has 0 spiro atoms. The van der Waals surface area contributed by atoms with Crippen LogP contribution in [0.2, 0.25) is 0 Å². The summed E-state index contributed by atoms with van der Waals surface area (Å²) in [7, 11) is 0. The van der Waals surface area contributed by atoms with Crippen LogP contribution in [0.25, 0.3) is 11.2 Å². The minimum atomic E-state index is -1.69. The van der Waals surface area contributed by atoms with Gasteiger partial charge in [-0.3, -0.25) is 4.57 Å². The standard InChI is InChI=1S/C49H41FN4O3S/c1-58-46-43-45(51-33-52-46)54(34-53-43)47-42(50)44(57-49(38-26-14-5-15-27-38,39-28-16-6-17-29-39)40-30-18-7-19-31-40)41(56-47)32-55-48(35-20-8-2-9-21-35,36-22-10-3-11-23-36)37-24-12-4-13-25-37/h2-31,33-34,41-42,44,47H,32H2,1H3/t41-,42+,44-,47-/m1/s1. The highest BCUT2D eigenvalue weighted by molar-refractivity contribution is 7.98. The number of hydrogen-bond donors (Lipinski definition) is 0. The van der Waals surface area contributed by atoms with E-state index in [2.05, 4.69) is 51.4 Å². The maximum atomic E-state index is 18.0. The third-order valence-corrected chi connectivity index (χ3v) is 11.6. The molecule has 7 nitrogen and oxygen atoms in total. The lowest BCUT2D eigenvalue weighted by Crippen LogP contribution is -2.45. The van der Waals surface area contributed by atoms with Crippen molar-refractivity contribution in [2.75, 3.05) is 12.9 Å². The van der Waals surface area contributed by atoms with E-state index < -0.39 is 35.8 Å². The first-order valence-electron chi connectivity index (χ1n) is 19.3. The molecule has 0 bridgehead atoms. The quantitative estimate of drug-likeness (QED) is 0.0655. The smallest absolute Gasteiger partial charge is 0.174 e. The summed E-state index contributed by atoms with van der Waals surface area (Å²) in [5.41, 5.74) is 4.03. The van der Waals surface area contributed by atoms with Gasteiger partial charge in [-0.25, -0.2) is 19.3 Å². The first kappa shape index (κ1) is 37.6. The predicted octanol–water partition coefficient (Wildman–Crippen LogP) is 10.2. The van der Waals surface area contributed by atoms with Gasteiger partial charge in [0.2, 0.25) is 0 Å². The Morgan fingerprint density at radius 2 is 1.00 bits per heavy atom. The van der Waals surface area contributed by atoms with Gasteiger partial charge in [-0.15, -0.1) is 11.8 Å². The predicted molar refractivity (Wildman–Crippen MR) is 225 cm³/mol. The van der Waals surface area contributed by atoms with Crippen molar-refractivity contribution in [2.45, 2.75) is 40.8 Å². The van der Waals surface area contributed by atoms with Crippen molar-refractivity contribution in [1.29, 1.82) is 0 Å². The zero-order valence-electron chi connectivity index (χ0n) is 31.8. The van der Waals surface area contributed by atoms with Gasteiger partial charge < -0.3 is 14.2 Å². The average molecular weight is 785 g/mol. The number of thioether (sulfide) groups is 1. The number of nitrogens with zero attached hydrogens (tertiary/aromatic N) is 4. The van der Waals surface area contributed by atoms with Crippen LogP contribution in [0, 0.1) is 0 Å². The Bertz CT molecular complexity index is 2360. The lowest BCUT2D eigenvalue weighted by Gasteiger charge is -2.40. The fourth-order valence-electron chi connectivity index (χ4n) is 8.26. The van der Waals surface area contributed by atoms with Crippen LogP contribution >= 0.6 is 11.8 Å². The summed E-state index contributed by atoms with van der Waals surface area (Å²) >= 11 is 1.46. The molecule has 0 radical (unpaired) electrons. The van der Waals surface area contributed by atoms with Crippen LogP contribution in [0.1, 0.15) is 39.6 Å². The molecule has 58 heavy (non-hydrogen) atoms. The molecule has 0 aliphatic carbocycles. The molecule has 0 amide bonds. The molecule has 8 aromatic rings. The Labute approximate surface area is 341 Å². The van der Waals surface area contributed by atoms with Crippen molar-refractivity contribution >= 4 is 22.9 Å². The average Bonchev–Trinajstić information content (AvgIpc) is 3.87. The van der Waals surface area contributed by atoms with E-state index in [1.807, 2.05) is 152 Å². The van der Waals surface area contributed by atoms with Crippen molar-refractivity contribution in [3.8, 4) is 0 Å². The summed E-state index contributed by atoms with van der Waals surface area (Å²) in [6.07, 6.45) is 0.0911. The highest BCUT2D eigenvalue weighted by Gasteiger charge is 2.53. The second kappa shape index (κ2) is 16.5. The Morgan fingerprint density at radius 1 is 0.586 bits per heavy atom. The first-order valence-corrected chi connectivity index (χ1v) is 20.5. The van der Waals surface area contributed by atoms with Gasteiger partial charge in [0, 0.05) is 0 Å².